The second-order valence-corrected chi connectivity index (χ2v) is 11.8. The molecule has 1 aliphatic rings. The first-order chi connectivity index (χ1) is 19.8. The molecule has 1 aliphatic heterocycles. The number of carbonyl (C=O) groups excluding carboxylic acids is 2. The highest BCUT2D eigenvalue weighted by Gasteiger charge is 2.56. The van der Waals surface area contributed by atoms with Crippen molar-refractivity contribution in [1.29, 1.82) is 0 Å². The second kappa shape index (κ2) is 12.8. The van der Waals surface area contributed by atoms with Gasteiger partial charge in [0, 0.05) is 6.42 Å². The number of fused-ring (bicyclic) bond motifs is 1. The van der Waals surface area contributed by atoms with E-state index in [4.69, 9.17) is 18.5 Å². The van der Waals surface area contributed by atoms with Gasteiger partial charge in [-0.3, -0.25) is 18.7 Å². The molecule has 42 heavy (non-hydrogen) atoms. The number of nitrogens with zero attached hydrogens (tertiary/aromatic N) is 4. The summed E-state index contributed by atoms with van der Waals surface area (Å²) in [5.74, 6) is -0.677. The SMILES string of the molecule is CCC(=O)Nc1ncnc2c1ncn2[C@@H]1O[C@H](COP(=O)(N[C@@H](C)C(=O)OC(C)C)Oc2ccccc2)[C@@H](O)[C@@]1(C)F. The molecule has 1 aromatic carbocycles. The van der Waals surface area contributed by atoms with Gasteiger partial charge in [-0.2, -0.15) is 5.09 Å². The average molecular weight is 609 g/mol. The number of aliphatic hydroxyl groups excluding tert-OH is 1. The van der Waals surface area contributed by atoms with E-state index in [0.717, 1.165) is 6.92 Å². The lowest BCUT2D eigenvalue weighted by atomic mass is 9.98. The first-order valence-corrected chi connectivity index (χ1v) is 14.9. The minimum Gasteiger partial charge on any atom is -0.462 e. The molecular formula is C26H34FN6O8P. The number of amides is 1. The average Bonchev–Trinajstić information content (AvgIpc) is 3.46. The molecule has 3 N–H and O–H groups in total. The van der Waals surface area contributed by atoms with Crippen molar-refractivity contribution < 1.29 is 42.2 Å². The van der Waals surface area contributed by atoms with Crippen LogP contribution < -0.4 is 14.9 Å². The van der Waals surface area contributed by atoms with E-state index in [1.807, 2.05) is 0 Å². The number of ether oxygens (including phenoxy) is 2. The maximum absolute atomic E-state index is 16.0. The lowest BCUT2D eigenvalue weighted by Crippen LogP contribution is -2.41. The number of alkyl halides is 1. The summed E-state index contributed by atoms with van der Waals surface area (Å²) < 4.78 is 53.3. The molecule has 0 aliphatic carbocycles. The number of imidazole rings is 1. The number of nitrogens with one attached hydrogen (secondary N) is 2. The first-order valence-electron chi connectivity index (χ1n) is 13.3. The predicted octanol–water partition coefficient (Wildman–Crippen LogP) is 3.29. The Bertz CT molecular complexity index is 1460. The fourth-order valence-corrected chi connectivity index (χ4v) is 5.69. The third kappa shape index (κ3) is 6.93. The van der Waals surface area contributed by atoms with Gasteiger partial charge in [0.2, 0.25) is 5.91 Å². The number of carbonyl (C=O) groups is 2. The highest BCUT2D eigenvalue weighted by Crippen LogP contribution is 2.48. The zero-order valence-electron chi connectivity index (χ0n) is 23.8. The summed E-state index contributed by atoms with van der Waals surface area (Å²) in [5.41, 5.74) is -2.04. The maximum atomic E-state index is 16.0. The smallest absolute Gasteiger partial charge is 0.459 e. The van der Waals surface area contributed by atoms with Crippen LogP contribution >= 0.6 is 7.75 Å². The van der Waals surface area contributed by atoms with Crippen LogP contribution in [0.4, 0.5) is 10.2 Å². The number of aliphatic hydroxyl groups is 1. The van der Waals surface area contributed by atoms with Crippen LogP contribution in [-0.4, -0.2) is 73.1 Å². The van der Waals surface area contributed by atoms with E-state index < -0.39 is 56.6 Å². The van der Waals surface area contributed by atoms with Crippen molar-refractivity contribution in [1.82, 2.24) is 24.6 Å². The molecule has 0 radical (unpaired) electrons. The van der Waals surface area contributed by atoms with E-state index in [-0.39, 0.29) is 35.1 Å². The standard InChI is InChI=1S/C26H34FN6O8P/c1-6-19(34)31-22-20-23(29-13-28-22)33(14-30-20)25-26(5,27)21(35)18(40-25)12-38-42(37,41-17-10-8-7-9-11-17)32-16(4)24(36)39-15(2)3/h7-11,13-16,18,21,25,35H,6,12H2,1-5H3,(H,32,37)(H,28,29,31,34)/t16-,18+,21+,25+,26+,42?/m0/s1. The zero-order valence-corrected chi connectivity index (χ0v) is 24.7. The quantitative estimate of drug-likeness (QED) is 0.202. The van der Waals surface area contributed by atoms with E-state index in [1.165, 1.54) is 36.3 Å². The molecule has 1 amide bonds. The van der Waals surface area contributed by atoms with Gasteiger partial charge in [-0.1, -0.05) is 25.1 Å². The van der Waals surface area contributed by atoms with Crippen molar-refractivity contribution in [2.45, 2.75) is 77.3 Å². The van der Waals surface area contributed by atoms with Crippen molar-refractivity contribution >= 4 is 36.6 Å². The van der Waals surface area contributed by atoms with Gasteiger partial charge in [0.15, 0.2) is 28.9 Å². The van der Waals surface area contributed by atoms with Crippen molar-refractivity contribution in [3.05, 3.63) is 43.0 Å². The van der Waals surface area contributed by atoms with Gasteiger partial charge in [-0.05, 0) is 39.8 Å². The van der Waals surface area contributed by atoms with Crippen molar-refractivity contribution in [2.75, 3.05) is 11.9 Å². The Balaban J connectivity index is 1.55. The van der Waals surface area contributed by atoms with E-state index >= 15 is 4.39 Å². The minimum absolute atomic E-state index is 0.139. The van der Waals surface area contributed by atoms with Gasteiger partial charge < -0.3 is 24.4 Å². The number of para-hydroxylation sites is 1. The monoisotopic (exact) mass is 608 g/mol. The molecule has 14 nitrogen and oxygen atoms in total. The van der Waals surface area contributed by atoms with Gasteiger partial charge in [0.05, 0.1) is 19.0 Å². The predicted molar refractivity (Wildman–Crippen MR) is 148 cm³/mol. The van der Waals surface area contributed by atoms with Gasteiger partial charge >= 0.3 is 13.7 Å². The summed E-state index contributed by atoms with van der Waals surface area (Å²) in [5, 5.41) is 16.0. The van der Waals surface area contributed by atoms with Gasteiger partial charge in [-0.15, -0.1) is 0 Å². The van der Waals surface area contributed by atoms with Crippen LogP contribution in [0, 0.1) is 0 Å². The zero-order chi connectivity index (χ0) is 30.7. The molecule has 3 aromatic rings. The lowest BCUT2D eigenvalue weighted by Gasteiger charge is -2.25. The third-order valence-corrected chi connectivity index (χ3v) is 7.99. The molecule has 6 atom stereocenters. The molecule has 228 valence electrons. The number of rotatable bonds is 12. The molecule has 0 saturated carbocycles. The Morgan fingerprint density at radius 1 is 1.21 bits per heavy atom. The fraction of sp³-hybridized carbons (Fsp3) is 0.500. The van der Waals surface area contributed by atoms with E-state index in [9.17, 15) is 19.3 Å². The Morgan fingerprint density at radius 3 is 2.60 bits per heavy atom. The van der Waals surface area contributed by atoms with E-state index in [2.05, 4.69) is 25.4 Å². The fourth-order valence-electron chi connectivity index (χ4n) is 4.19. The number of esters is 1. The van der Waals surface area contributed by atoms with Crippen LogP contribution in [-0.2, 0) is 28.2 Å². The van der Waals surface area contributed by atoms with Crippen LogP contribution in [0.2, 0.25) is 0 Å². The molecule has 1 unspecified atom stereocenters. The van der Waals surface area contributed by atoms with Crippen LogP contribution in [0.3, 0.4) is 0 Å². The largest absolute Gasteiger partial charge is 0.462 e. The number of anilines is 1. The number of hydrogen-bond donors (Lipinski definition) is 3. The molecule has 16 heteroatoms. The Kier molecular flexibility index (Phi) is 9.58. The van der Waals surface area contributed by atoms with Gasteiger partial charge in [-0.25, -0.2) is 23.9 Å². The summed E-state index contributed by atoms with van der Waals surface area (Å²) in [6.45, 7) is 6.99. The van der Waals surface area contributed by atoms with Crippen LogP contribution in [0.25, 0.3) is 11.2 Å². The number of benzene rings is 1. The van der Waals surface area contributed by atoms with E-state index in [1.54, 1.807) is 39.0 Å². The van der Waals surface area contributed by atoms with Crippen molar-refractivity contribution in [2.24, 2.45) is 0 Å². The van der Waals surface area contributed by atoms with Gasteiger partial charge in [0.1, 0.15) is 30.3 Å². The summed E-state index contributed by atoms with van der Waals surface area (Å²) in [6.07, 6.45) is -2.27. The maximum Gasteiger partial charge on any atom is 0.459 e. The third-order valence-electron chi connectivity index (χ3n) is 6.34. The first kappa shape index (κ1) is 31.4. The molecule has 1 saturated heterocycles. The minimum atomic E-state index is -4.30. The highest BCUT2D eigenvalue weighted by atomic mass is 31.2. The molecule has 3 heterocycles. The molecule has 1 fully saturated rings. The normalized spacial score (nSPS) is 24.3. The number of hydrogen-bond acceptors (Lipinski definition) is 11. The summed E-state index contributed by atoms with van der Waals surface area (Å²) in [4.78, 5) is 36.7. The molecule has 0 spiro atoms. The molecular weight excluding hydrogens is 574 g/mol. The van der Waals surface area contributed by atoms with E-state index in [0.29, 0.717) is 0 Å². The molecule has 0 bridgehead atoms. The van der Waals surface area contributed by atoms with Crippen molar-refractivity contribution in [3.63, 3.8) is 0 Å². The topological polar surface area (TPSA) is 176 Å². The summed E-state index contributed by atoms with van der Waals surface area (Å²) in [6, 6.07) is 7.00. The number of halogens is 1. The van der Waals surface area contributed by atoms with Crippen LogP contribution in [0.15, 0.2) is 43.0 Å². The Hall–Kier alpha value is -3.49. The van der Waals surface area contributed by atoms with Crippen LogP contribution in [0.5, 0.6) is 5.75 Å². The van der Waals surface area contributed by atoms with Crippen LogP contribution in [0.1, 0.15) is 47.3 Å². The summed E-state index contributed by atoms with van der Waals surface area (Å²) in [7, 11) is -4.30. The number of aromatic nitrogens is 4. The van der Waals surface area contributed by atoms with Gasteiger partial charge in [0.25, 0.3) is 0 Å². The van der Waals surface area contributed by atoms with Crippen molar-refractivity contribution in [3.8, 4) is 5.75 Å². The highest BCUT2D eigenvalue weighted by molar-refractivity contribution is 7.52. The second-order valence-electron chi connectivity index (χ2n) is 10.1. The Morgan fingerprint density at radius 2 is 1.93 bits per heavy atom. The Labute approximate surface area is 241 Å². The molecule has 2 aromatic heterocycles. The lowest BCUT2D eigenvalue weighted by molar-refractivity contribution is -0.149. The summed E-state index contributed by atoms with van der Waals surface area (Å²) >= 11 is 0. The molecule has 4 rings (SSSR count).